The van der Waals surface area contributed by atoms with Gasteiger partial charge >= 0.3 is 0 Å². The van der Waals surface area contributed by atoms with Crippen LogP contribution in [0.4, 0.5) is 34.1 Å². The normalized spacial score (nSPS) is 11.9. The first-order valence-corrected chi connectivity index (χ1v) is 25.7. The molecule has 0 N–H and O–H groups in total. The van der Waals surface area contributed by atoms with E-state index in [1.807, 2.05) is 0 Å². The summed E-state index contributed by atoms with van der Waals surface area (Å²) < 4.78 is 0. The molecular formula is C63H59ClN2Si. The van der Waals surface area contributed by atoms with Crippen molar-refractivity contribution in [2.75, 3.05) is 9.80 Å². The predicted molar refractivity (Wildman–Crippen MR) is 292 cm³/mol. The second-order valence-electron chi connectivity index (χ2n) is 19.7. The van der Waals surface area contributed by atoms with Crippen LogP contribution in [0.3, 0.4) is 0 Å². The van der Waals surface area contributed by atoms with Gasteiger partial charge in [-0.05, 0) is 115 Å². The summed E-state index contributed by atoms with van der Waals surface area (Å²) in [5.74, 6) is 0. The molecule has 2 nitrogen and oxygen atoms in total. The van der Waals surface area contributed by atoms with E-state index in [0.29, 0.717) is 5.02 Å². The highest BCUT2D eigenvalue weighted by molar-refractivity contribution is 7.19. The molecule has 0 bridgehead atoms. The van der Waals surface area contributed by atoms with Crippen LogP contribution >= 0.6 is 11.6 Å². The maximum absolute atomic E-state index is 8.04. The summed E-state index contributed by atoms with van der Waals surface area (Å²) in [5, 5.41) is 5.96. The summed E-state index contributed by atoms with van der Waals surface area (Å²) in [6, 6.07) is 84.5. The number of benzene rings is 9. The average Bonchev–Trinajstić information content (AvgIpc) is 3.35. The Morgan fingerprint density at radius 1 is 0.358 bits per heavy atom. The van der Waals surface area contributed by atoms with Gasteiger partial charge in [0.05, 0.1) is 22.1 Å². The minimum atomic E-state index is -2.78. The van der Waals surface area contributed by atoms with E-state index in [9.17, 15) is 0 Å². The Bertz CT molecular complexity index is 2910. The maximum Gasteiger partial charge on any atom is 0.179 e. The van der Waals surface area contributed by atoms with Gasteiger partial charge in [-0.1, -0.05) is 229 Å². The molecule has 0 atom stereocenters. The molecule has 9 aromatic rings. The highest BCUT2D eigenvalue weighted by Gasteiger charge is 2.41. The van der Waals surface area contributed by atoms with Gasteiger partial charge in [0.2, 0.25) is 0 Å². The third kappa shape index (κ3) is 9.02. The zero-order valence-electron chi connectivity index (χ0n) is 39.7. The number of hydrogen-bond donors (Lipinski definition) is 0. The van der Waals surface area contributed by atoms with Gasteiger partial charge < -0.3 is 9.80 Å². The fourth-order valence-electron chi connectivity index (χ4n) is 9.57. The standard InChI is InChI=1S/C63H59ClN2Si/c1-46-44-59(65(50-36-32-48(33-37-50)62(2,3)4)51-38-34-49(35-39-51)63(5,6)7)61(64)60(45-46)66(58-31-21-20-30-57(58)47-22-12-8-13-23-47)52-40-42-56(43-41-52)67(53-24-14-9-15-25-53,54-26-16-10-17-27-54)55-28-18-11-19-29-55/h8-45H,1-7H3. The lowest BCUT2D eigenvalue weighted by atomic mass is 9.86. The highest BCUT2D eigenvalue weighted by Crippen LogP contribution is 2.49. The van der Waals surface area contributed by atoms with Crippen molar-refractivity contribution in [3.05, 3.63) is 252 Å². The lowest BCUT2D eigenvalue weighted by Gasteiger charge is -2.35. The number of anilines is 6. The number of nitrogens with zero attached hydrogens (tertiary/aromatic N) is 2. The van der Waals surface area contributed by atoms with E-state index >= 15 is 0 Å². The van der Waals surface area contributed by atoms with Gasteiger partial charge in [0.1, 0.15) is 0 Å². The van der Waals surface area contributed by atoms with Crippen molar-refractivity contribution in [1.82, 2.24) is 0 Å². The third-order valence-corrected chi connectivity index (χ3v) is 18.2. The van der Waals surface area contributed by atoms with Gasteiger partial charge in [0, 0.05) is 22.6 Å². The van der Waals surface area contributed by atoms with Crippen LogP contribution in [-0.2, 0) is 10.8 Å². The van der Waals surface area contributed by atoms with Crippen molar-refractivity contribution >= 4 is 74.5 Å². The molecule has 0 aliphatic heterocycles. The first-order chi connectivity index (χ1) is 32.3. The van der Waals surface area contributed by atoms with Crippen LogP contribution in [0.25, 0.3) is 11.1 Å². The Morgan fingerprint density at radius 2 is 0.701 bits per heavy atom. The minimum absolute atomic E-state index is 0.0134. The number of halogens is 1. The van der Waals surface area contributed by atoms with Crippen LogP contribution in [0.2, 0.25) is 5.02 Å². The molecular weight excluding hydrogens is 848 g/mol. The van der Waals surface area contributed by atoms with Crippen LogP contribution in [0, 0.1) is 6.92 Å². The topological polar surface area (TPSA) is 6.48 Å². The maximum atomic E-state index is 8.04. The molecule has 0 saturated heterocycles. The van der Waals surface area contributed by atoms with Crippen molar-refractivity contribution < 1.29 is 0 Å². The number of hydrogen-bond acceptors (Lipinski definition) is 2. The van der Waals surface area contributed by atoms with Crippen molar-refractivity contribution in [2.45, 2.75) is 59.3 Å². The Hall–Kier alpha value is -6.91. The molecule has 0 radical (unpaired) electrons. The SMILES string of the molecule is Cc1cc(N(c2ccc(C(C)(C)C)cc2)c2ccc(C(C)(C)C)cc2)c(Cl)c(N(c2ccc([Si](c3ccccc3)(c3ccccc3)c3ccccc3)cc2)c2ccccc2-c2ccccc2)c1. The van der Waals surface area contributed by atoms with Crippen LogP contribution in [0.15, 0.2) is 231 Å². The van der Waals surface area contributed by atoms with Gasteiger partial charge in [0.25, 0.3) is 0 Å². The molecule has 9 aromatic carbocycles. The van der Waals surface area contributed by atoms with E-state index in [1.165, 1.54) is 31.9 Å². The highest BCUT2D eigenvalue weighted by atomic mass is 35.5. The summed E-state index contributed by atoms with van der Waals surface area (Å²) in [6.07, 6.45) is 0. The molecule has 4 heteroatoms. The number of para-hydroxylation sites is 1. The van der Waals surface area contributed by atoms with Gasteiger partial charge in [-0.25, -0.2) is 0 Å². The second-order valence-corrected chi connectivity index (χ2v) is 23.8. The van der Waals surface area contributed by atoms with Gasteiger partial charge in [0.15, 0.2) is 8.07 Å². The van der Waals surface area contributed by atoms with Gasteiger partial charge in [-0.15, -0.1) is 0 Å². The molecule has 9 rings (SSSR count). The van der Waals surface area contributed by atoms with E-state index in [-0.39, 0.29) is 10.8 Å². The fourth-order valence-corrected chi connectivity index (χ4v) is 14.6. The average molecular weight is 908 g/mol. The monoisotopic (exact) mass is 906 g/mol. The van der Waals surface area contributed by atoms with Gasteiger partial charge in [-0.2, -0.15) is 0 Å². The van der Waals surface area contributed by atoms with Gasteiger partial charge in [-0.3, -0.25) is 0 Å². The van der Waals surface area contributed by atoms with E-state index in [2.05, 4.69) is 289 Å². The molecule has 0 aromatic heterocycles. The molecule has 0 amide bonds. The smallest absolute Gasteiger partial charge is 0.179 e. The first-order valence-electron chi connectivity index (χ1n) is 23.4. The van der Waals surface area contributed by atoms with Crippen molar-refractivity contribution in [1.29, 1.82) is 0 Å². The Kier molecular flexibility index (Phi) is 12.7. The molecule has 0 saturated carbocycles. The number of aryl methyl sites for hydroxylation is 1. The molecule has 0 aliphatic rings. The van der Waals surface area contributed by atoms with Crippen LogP contribution in [-0.4, -0.2) is 8.07 Å². The van der Waals surface area contributed by atoms with Crippen molar-refractivity contribution in [2.24, 2.45) is 0 Å². The van der Waals surface area contributed by atoms with Crippen molar-refractivity contribution in [3.63, 3.8) is 0 Å². The van der Waals surface area contributed by atoms with E-state index in [1.54, 1.807) is 0 Å². The van der Waals surface area contributed by atoms with E-state index < -0.39 is 8.07 Å². The quantitative estimate of drug-likeness (QED) is 0.0942. The first kappa shape index (κ1) is 45.3. The molecule has 0 fully saturated rings. The lowest BCUT2D eigenvalue weighted by Crippen LogP contribution is -2.74. The fraction of sp³-hybridized carbons (Fsp3) is 0.143. The molecule has 0 spiro atoms. The largest absolute Gasteiger partial charge is 0.309 e. The van der Waals surface area contributed by atoms with Crippen molar-refractivity contribution in [3.8, 4) is 11.1 Å². The van der Waals surface area contributed by atoms with Crippen LogP contribution in [0.5, 0.6) is 0 Å². The summed E-state index contributed by atoms with van der Waals surface area (Å²) in [4.78, 5) is 4.69. The predicted octanol–water partition coefficient (Wildman–Crippen LogP) is 15.2. The van der Waals surface area contributed by atoms with Crippen LogP contribution in [0.1, 0.15) is 58.2 Å². The zero-order valence-corrected chi connectivity index (χ0v) is 41.5. The lowest BCUT2D eigenvalue weighted by molar-refractivity contribution is 0.590. The second kappa shape index (κ2) is 18.8. The minimum Gasteiger partial charge on any atom is -0.309 e. The zero-order chi connectivity index (χ0) is 46.8. The molecule has 67 heavy (non-hydrogen) atoms. The van der Waals surface area contributed by atoms with E-state index in [4.69, 9.17) is 11.6 Å². The molecule has 0 heterocycles. The third-order valence-electron chi connectivity index (χ3n) is 13.1. The molecule has 332 valence electrons. The Morgan fingerprint density at radius 3 is 1.13 bits per heavy atom. The van der Waals surface area contributed by atoms with Crippen LogP contribution < -0.4 is 30.5 Å². The summed E-state index contributed by atoms with van der Waals surface area (Å²) in [5.41, 5.74) is 11.9. The summed E-state index contributed by atoms with van der Waals surface area (Å²) in [6.45, 7) is 15.7. The molecule has 0 unspecified atom stereocenters. The molecule has 0 aliphatic carbocycles. The Balaban J connectivity index is 1.28. The number of rotatable bonds is 11. The summed E-state index contributed by atoms with van der Waals surface area (Å²) in [7, 11) is -2.78. The summed E-state index contributed by atoms with van der Waals surface area (Å²) >= 11 is 8.04. The van der Waals surface area contributed by atoms with E-state index in [0.717, 1.165) is 50.8 Å². The Labute approximate surface area is 404 Å².